The summed E-state index contributed by atoms with van der Waals surface area (Å²) in [5, 5.41) is 0. The third-order valence-corrected chi connectivity index (χ3v) is 2.54. The molecule has 0 heterocycles. The number of halogens is 3. The first-order valence-corrected chi connectivity index (χ1v) is 5.03. The van der Waals surface area contributed by atoms with Crippen molar-refractivity contribution in [1.29, 1.82) is 0 Å². The second-order valence-corrected chi connectivity index (χ2v) is 5.64. The molecule has 0 amide bonds. The Labute approximate surface area is 79.5 Å². The predicted molar refractivity (Wildman–Crippen MR) is 53.0 cm³/mol. The van der Waals surface area contributed by atoms with Gasteiger partial charge in [-0.2, -0.15) is 49.1 Å². The van der Waals surface area contributed by atoms with Gasteiger partial charge in [0, 0.05) is 0 Å². The summed E-state index contributed by atoms with van der Waals surface area (Å²) in [7, 11) is 0. The number of hydrogen-bond donors (Lipinski definition) is 0. The van der Waals surface area contributed by atoms with E-state index < -0.39 is 0 Å². The molecule has 4 heteroatoms. The molecule has 0 atom stereocenters. The van der Waals surface area contributed by atoms with Crippen molar-refractivity contribution < 1.29 is 0 Å². The number of rotatable bonds is 1. The van der Waals surface area contributed by atoms with E-state index in [0.717, 1.165) is 4.47 Å². The van der Waals surface area contributed by atoms with E-state index in [2.05, 4.69) is 59.6 Å². The van der Waals surface area contributed by atoms with E-state index in [-0.39, 0.29) is 4.36 Å². The molecule has 0 radical (unpaired) electrons. The fourth-order valence-electron chi connectivity index (χ4n) is 0.567. The van der Waals surface area contributed by atoms with Crippen LogP contribution in [-0.4, -0.2) is 4.36 Å². The molecule has 0 nitrogen and oxygen atoms in total. The topological polar surface area (TPSA) is 0 Å². The summed E-state index contributed by atoms with van der Waals surface area (Å²) >= 11 is 10.1. The fraction of sp³-hybridized carbons (Fsp3) is 0. The molecule has 48 valence electrons. The van der Waals surface area contributed by atoms with Crippen LogP contribution in [0.15, 0.2) is 22.7 Å². The van der Waals surface area contributed by atoms with Crippen LogP contribution in [0.1, 0.15) is 0 Å². The van der Waals surface area contributed by atoms with Crippen molar-refractivity contribution >= 4 is 57.3 Å². The molecule has 9 heavy (non-hydrogen) atoms. The number of hydrogen-bond acceptors (Lipinski definition) is 0. The minimum atomic E-state index is 0.274. The lowest BCUT2D eigenvalue weighted by Gasteiger charge is -1.97. The third kappa shape index (κ3) is 2.17. The first kappa shape index (κ1) is 7.96. The summed E-state index contributed by atoms with van der Waals surface area (Å²) in [5.74, 6) is 0. The van der Waals surface area contributed by atoms with Crippen molar-refractivity contribution in [3.05, 3.63) is 22.7 Å². The molecule has 0 spiro atoms. The molecule has 0 aromatic heterocycles. The SMILES string of the molecule is BrB(Br)c1cc[c-](Br)c1. The second kappa shape index (κ2) is 3.31. The highest BCUT2D eigenvalue weighted by Crippen LogP contribution is 2.11. The Balaban J connectivity index is 2.85. The monoisotopic (exact) mass is 311 g/mol. The molecule has 1 rings (SSSR count). The molecule has 0 N–H and O–H groups in total. The summed E-state index contributed by atoms with van der Waals surface area (Å²) in [6.45, 7) is 0. The highest BCUT2D eigenvalue weighted by molar-refractivity contribution is 9.49. The van der Waals surface area contributed by atoms with Crippen molar-refractivity contribution in [1.82, 2.24) is 0 Å². The zero-order valence-corrected chi connectivity index (χ0v) is 9.20. The average molecular weight is 314 g/mol. The zero-order chi connectivity index (χ0) is 6.85. The van der Waals surface area contributed by atoms with Crippen molar-refractivity contribution in [2.45, 2.75) is 0 Å². The Hall–Kier alpha value is 0.855. The van der Waals surface area contributed by atoms with E-state index in [9.17, 15) is 0 Å². The fourth-order valence-corrected chi connectivity index (χ4v) is 1.53. The van der Waals surface area contributed by atoms with Gasteiger partial charge in [-0.3, -0.25) is 0 Å². The quantitative estimate of drug-likeness (QED) is 0.552. The van der Waals surface area contributed by atoms with Gasteiger partial charge in [0.05, 0.1) is 0 Å². The lowest BCUT2D eigenvalue weighted by Crippen LogP contribution is -2.12. The van der Waals surface area contributed by atoms with Gasteiger partial charge in [-0.15, -0.1) is 15.9 Å². The first-order valence-electron chi connectivity index (χ1n) is 2.40. The molecule has 0 aliphatic carbocycles. The van der Waals surface area contributed by atoms with Gasteiger partial charge in [0.1, 0.15) is 0 Å². The zero-order valence-electron chi connectivity index (χ0n) is 4.44. The molecule has 0 bridgehead atoms. The van der Waals surface area contributed by atoms with Gasteiger partial charge < -0.3 is 0 Å². The third-order valence-electron chi connectivity index (χ3n) is 0.992. The standard InChI is InChI=1S/C5H3BBr3/c7-5-2-1-4(3-5)6(8)9/h1-3H/q-1. The van der Waals surface area contributed by atoms with Crippen LogP contribution in [0.25, 0.3) is 0 Å². The summed E-state index contributed by atoms with van der Waals surface area (Å²) < 4.78 is 1.40. The lowest BCUT2D eigenvalue weighted by atomic mass is 10.00. The molecule has 1 aromatic carbocycles. The lowest BCUT2D eigenvalue weighted by molar-refractivity contribution is 1.90. The van der Waals surface area contributed by atoms with Crippen LogP contribution < -0.4 is 5.46 Å². The molecule has 0 saturated heterocycles. The predicted octanol–water partition coefficient (Wildman–Crippen LogP) is 2.65. The van der Waals surface area contributed by atoms with Crippen LogP contribution in [0.2, 0.25) is 0 Å². The summed E-state index contributed by atoms with van der Waals surface area (Å²) in [4.78, 5) is 0. The van der Waals surface area contributed by atoms with E-state index in [0.29, 0.717) is 0 Å². The van der Waals surface area contributed by atoms with Crippen LogP contribution in [0.3, 0.4) is 0 Å². The highest BCUT2D eigenvalue weighted by Gasteiger charge is 1.98. The van der Waals surface area contributed by atoms with E-state index in [4.69, 9.17) is 0 Å². The average Bonchev–Trinajstić information content (AvgIpc) is 2.14. The minimum absolute atomic E-state index is 0.274. The van der Waals surface area contributed by atoms with E-state index in [1.165, 1.54) is 5.46 Å². The van der Waals surface area contributed by atoms with Crippen LogP contribution in [0.5, 0.6) is 0 Å². The minimum Gasteiger partial charge on any atom is -0.213 e. The Kier molecular flexibility index (Phi) is 2.92. The Morgan fingerprint density at radius 2 is 2.11 bits per heavy atom. The summed E-state index contributed by atoms with van der Waals surface area (Å²) in [5.41, 5.74) is 1.24. The molecule has 0 aliphatic heterocycles. The Bertz CT molecular complexity index is 194. The van der Waals surface area contributed by atoms with E-state index in [1.54, 1.807) is 0 Å². The molecule has 0 saturated carbocycles. The van der Waals surface area contributed by atoms with Gasteiger partial charge in [0.25, 0.3) is 4.36 Å². The largest absolute Gasteiger partial charge is 0.255 e. The molecular weight excluding hydrogens is 311 g/mol. The maximum Gasteiger partial charge on any atom is 0.255 e. The van der Waals surface area contributed by atoms with Crippen molar-refractivity contribution in [2.24, 2.45) is 0 Å². The van der Waals surface area contributed by atoms with Crippen molar-refractivity contribution in [2.75, 3.05) is 0 Å². The van der Waals surface area contributed by atoms with Crippen LogP contribution >= 0.6 is 47.4 Å². The normalized spacial score (nSPS) is 9.67. The van der Waals surface area contributed by atoms with Gasteiger partial charge in [-0.05, 0) is 0 Å². The Morgan fingerprint density at radius 3 is 2.33 bits per heavy atom. The molecule has 0 aliphatic rings. The molecule has 0 fully saturated rings. The molecule has 1 aromatic rings. The first-order chi connectivity index (χ1) is 4.20. The summed E-state index contributed by atoms with van der Waals surface area (Å²) in [6, 6.07) is 6.14. The smallest absolute Gasteiger partial charge is 0.213 e. The van der Waals surface area contributed by atoms with Crippen LogP contribution in [0.4, 0.5) is 0 Å². The highest BCUT2D eigenvalue weighted by atomic mass is 79.9. The maximum atomic E-state index is 3.39. The van der Waals surface area contributed by atoms with Gasteiger partial charge in [0.15, 0.2) is 0 Å². The van der Waals surface area contributed by atoms with Gasteiger partial charge in [-0.25, -0.2) is 6.07 Å². The Morgan fingerprint density at radius 1 is 1.44 bits per heavy atom. The van der Waals surface area contributed by atoms with Gasteiger partial charge >= 0.3 is 0 Å². The van der Waals surface area contributed by atoms with Crippen LogP contribution in [-0.2, 0) is 0 Å². The van der Waals surface area contributed by atoms with Crippen molar-refractivity contribution in [3.8, 4) is 0 Å². The maximum absolute atomic E-state index is 3.39. The summed E-state index contributed by atoms with van der Waals surface area (Å²) in [6.07, 6.45) is 0. The van der Waals surface area contributed by atoms with Crippen LogP contribution in [0, 0.1) is 0 Å². The van der Waals surface area contributed by atoms with Gasteiger partial charge in [-0.1, -0.05) is 4.47 Å². The molecule has 0 unspecified atom stereocenters. The van der Waals surface area contributed by atoms with E-state index in [1.807, 2.05) is 6.07 Å². The van der Waals surface area contributed by atoms with E-state index >= 15 is 0 Å². The van der Waals surface area contributed by atoms with Gasteiger partial charge in [0.2, 0.25) is 0 Å². The molecular formula is C5H3BBr3-. The second-order valence-electron chi connectivity index (χ2n) is 1.66. The van der Waals surface area contributed by atoms with Crippen molar-refractivity contribution in [3.63, 3.8) is 0 Å².